The van der Waals surface area contributed by atoms with Gasteiger partial charge in [0.25, 0.3) is 0 Å². The lowest BCUT2D eigenvalue weighted by molar-refractivity contribution is 0.0544. The molecule has 1 aromatic heterocycles. The van der Waals surface area contributed by atoms with Crippen LogP contribution in [0.3, 0.4) is 0 Å². The molecule has 0 saturated heterocycles. The molecule has 0 bridgehead atoms. The maximum absolute atomic E-state index is 6.13. The number of benzene rings is 3. The smallest absolute Gasteiger partial charge is 0.121 e. The molecular formula is C37H48N2O5. The quantitative estimate of drug-likeness (QED) is 0.0884. The van der Waals surface area contributed by atoms with Gasteiger partial charge in [-0.25, -0.2) is 9.97 Å². The van der Waals surface area contributed by atoms with Gasteiger partial charge in [-0.1, -0.05) is 76.6 Å². The highest BCUT2D eigenvalue weighted by atomic mass is 16.5. The van der Waals surface area contributed by atoms with Crippen LogP contribution in [0.2, 0.25) is 0 Å². The molecular weight excluding hydrogens is 552 g/mol. The summed E-state index contributed by atoms with van der Waals surface area (Å²) in [7, 11) is 1.66. The van der Waals surface area contributed by atoms with E-state index >= 15 is 0 Å². The molecule has 236 valence electrons. The zero-order valence-corrected chi connectivity index (χ0v) is 26.7. The molecule has 0 atom stereocenters. The van der Waals surface area contributed by atoms with Crippen LogP contribution in [-0.2, 0) is 9.47 Å². The Hall–Kier alpha value is -3.68. The Morgan fingerprint density at radius 1 is 0.500 bits per heavy atom. The average Bonchev–Trinajstić information content (AvgIpc) is 3.06. The van der Waals surface area contributed by atoms with E-state index in [9.17, 15) is 0 Å². The van der Waals surface area contributed by atoms with Crippen LogP contribution in [0.15, 0.2) is 66.7 Å². The molecule has 4 rings (SSSR count). The van der Waals surface area contributed by atoms with Crippen molar-refractivity contribution < 1.29 is 23.7 Å². The van der Waals surface area contributed by atoms with Gasteiger partial charge in [-0.3, -0.25) is 0 Å². The van der Waals surface area contributed by atoms with Gasteiger partial charge in [0.05, 0.1) is 55.5 Å². The number of methoxy groups -OCH3 is 1. The van der Waals surface area contributed by atoms with Crippen molar-refractivity contribution >= 4 is 11.0 Å². The van der Waals surface area contributed by atoms with Crippen molar-refractivity contribution in [3.05, 3.63) is 66.7 Å². The summed E-state index contributed by atoms with van der Waals surface area (Å²) in [6.07, 6.45) is 9.33. The number of ether oxygens (including phenoxy) is 5. The average molecular weight is 601 g/mol. The number of unbranched alkanes of at least 4 members (excludes halogenated alkanes) is 6. The molecule has 0 unspecified atom stereocenters. The van der Waals surface area contributed by atoms with E-state index in [1.54, 1.807) is 7.11 Å². The minimum absolute atomic E-state index is 0.441. The molecule has 0 aliphatic heterocycles. The van der Waals surface area contributed by atoms with Crippen LogP contribution >= 0.6 is 0 Å². The third-order valence-corrected chi connectivity index (χ3v) is 7.31. The molecule has 7 heteroatoms. The van der Waals surface area contributed by atoms with Crippen molar-refractivity contribution in [2.24, 2.45) is 0 Å². The molecule has 0 aliphatic carbocycles. The summed E-state index contributed by atoms with van der Waals surface area (Å²) < 4.78 is 28.8. The van der Waals surface area contributed by atoms with Crippen molar-refractivity contribution in [2.75, 3.05) is 46.8 Å². The second kappa shape index (κ2) is 18.9. The first-order valence-corrected chi connectivity index (χ1v) is 16.2. The largest absolute Gasteiger partial charge is 0.494 e. The molecule has 0 radical (unpaired) electrons. The lowest BCUT2D eigenvalue weighted by Crippen LogP contribution is -2.10. The second-order valence-electron chi connectivity index (χ2n) is 10.9. The predicted octanol–water partition coefficient (Wildman–Crippen LogP) is 8.92. The Morgan fingerprint density at radius 2 is 1.05 bits per heavy atom. The van der Waals surface area contributed by atoms with Crippen LogP contribution in [0.5, 0.6) is 17.2 Å². The maximum atomic E-state index is 6.13. The lowest BCUT2D eigenvalue weighted by atomic mass is 10.0. The molecule has 3 aromatic carbocycles. The normalized spacial score (nSPS) is 11.2. The summed E-state index contributed by atoms with van der Waals surface area (Å²) in [6.45, 7) is 7.88. The van der Waals surface area contributed by atoms with Gasteiger partial charge in [-0.15, -0.1) is 0 Å². The van der Waals surface area contributed by atoms with Crippen molar-refractivity contribution in [2.45, 2.75) is 65.2 Å². The Bertz CT molecular complexity index is 1410. The molecule has 4 aromatic rings. The summed E-state index contributed by atoms with van der Waals surface area (Å²) in [5.41, 5.74) is 5.05. The van der Waals surface area contributed by atoms with Crippen LogP contribution in [0.25, 0.3) is 33.5 Å². The Labute approximate surface area is 262 Å². The zero-order valence-electron chi connectivity index (χ0n) is 26.7. The maximum Gasteiger partial charge on any atom is 0.121 e. The summed E-state index contributed by atoms with van der Waals surface area (Å²) in [5.74, 6) is 2.40. The fourth-order valence-corrected chi connectivity index (χ4v) is 4.89. The SMILES string of the molecule is CCCCCCOc1cccc(-c2nc3ccc(OCCOCCOC)cc3nc2-c2cccc(OCCCCCC)c2)c1. The van der Waals surface area contributed by atoms with Crippen molar-refractivity contribution in [1.82, 2.24) is 9.97 Å². The second-order valence-corrected chi connectivity index (χ2v) is 10.9. The molecule has 7 nitrogen and oxygen atoms in total. The highest BCUT2D eigenvalue weighted by Crippen LogP contribution is 2.35. The first kappa shape index (κ1) is 33.2. The molecule has 1 heterocycles. The molecule has 0 aliphatic rings. The number of hydrogen-bond donors (Lipinski definition) is 0. The van der Waals surface area contributed by atoms with E-state index in [1.807, 2.05) is 42.5 Å². The fraction of sp³-hybridized carbons (Fsp3) is 0.459. The van der Waals surface area contributed by atoms with Crippen molar-refractivity contribution in [3.8, 4) is 39.8 Å². The fourth-order valence-electron chi connectivity index (χ4n) is 4.89. The Morgan fingerprint density at radius 3 is 1.64 bits per heavy atom. The van der Waals surface area contributed by atoms with E-state index in [-0.39, 0.29) is 0 Å². The van der Waals surface area contributed by atoms with Gasteiger partial charge in [0, 0.05) is 24.3 Å². The molecule has 0 spiro atoms. The van der Waals surface area contributed by atoms with E-state index < -0.39 is 0 Å². The standard InChI is InChI=1S/C37H48N2O5/c1-4-6-8-10-20-42-31-16-12-14-29(26-31)36-37(30-15-13-17-32(27-30)43-21-11-9-7-5-2)39-35-28-33(18-19-34(35)38-36)44-25-24-41-23-22-40-3/h12-19,26-28H,4-11,20-25H2,1-3H3. The monoisotopic (exact) mass is 600 g/mol. The van der Waals surface area contributed by atoms with Gasteiger partial charge in [0.2, 0.25) is 0 Å². The highest BCUT2D eigenvalue weighted by Gasteiger charge is 2.16. The first-order valence-electron chi connectivity index (χ1n) is 16.2. The highest BCUT2D eigenvalue weighted by molar-refractivity contribution is 5.87. The third kappa shape index (κ3) is 10.5. The van der Waals surface area contributed by atoms with Crippen LogP contribution in [-0.4, -0.2) is 56.7 Å². The van der Waals surface area contributed by atoms with E-state index in [4.69, 9.17) is 33.7 Å². The number of nitrogens with zero attached hydrogens (tertiary/aromatic N) is 2. The van der Waals surface area contributed by atoms with E-state index in [1.165, 1.54) is 38.5 Å². The Kier molecular flexibility index (Phi) is 14.2. The van der Waals surface area contributed by atoms with Gasteiger partial charge in [0.1, 0.15) is 23.9 Å². The van der Waals surface area contributed by atoms with Crippen molar-refractivity contribution in [1.29, 1.82) is 0 Å². The minimum atomic E-state index is 0.441. The number of hydrogen-bond acceptors (Lipinski definition) is 7. The molecule has 0 saturated carbocycles. The van der Waals surface area contributed by atoms with E-state index in [2.05, 4.69) is 38.1 Å². The van der Waals surface area contributed by atoms with Crippen molar-refractivity contribution in [3.63, 3.8) is 0 Å². The number of rotatable bonds is 21. The van der Waals surface area contributed by atoms with Gasteiger partial charge >= 0.3 is 0 Å². The third-order valence-electron chi connectivity index (χ3n) is 7.31. The van der Waals surface area contributed by atoms with Crippen LogP contribution in [0.4, 0.5) is 0 Å². The number of fused-ring (bicyclic) bond motifs is 1. The van der Waals surface area contributed by atoms with Crippen LogP contribution < -0.4 is 14.2 Å². The van der Waals surface area contributed by atoms with E-state index in [0.717, 1.165) is 63.6 Å². The van der Waals surface area contributed by atoms with Gasteiger partial charge in [-0.05, 0) is 49.2 Å². The van der Waals surface area contributed by atoms with Crippen LogP contribution in [0.1, 0.15) is 65.2 Å². The topological polar surface area (TPSA) is 71.9 Å². The van der Waals surface area contributed by atoms with Crippen LogP contribution in [0, 0.1) is 0 Å². The van der Waals surface area contributed by atoms with E-state index in [0.29, 0.717) is 39.6 Å². The summed E-state index contributed by atoms with van der Waals surface area (Å²) in [6, 6.07) is 22.1. The zero-order chi connectivity index (χ0) is 30.8. The Balaban J connectivity index is 1.61. The summed E-state index contributed by atoms with van der Waals surface area (Å²) in [5, 5.41) is 0. The molecule has 0 N–H and O–H groups in total. The van der Waals surface area contributed by atoms with Gasteiger partial charge in [0.15, 0.2) is 0 Å². The lowest BCUT2D eigenvalue weighted by Gasteiger charge is -2.14. The molecule has 0 fully saturated rings. The van der Waals surface area contributed by atoms with Gasteiger partial charge < -0.3 is 23.7 Å². The predicted molar refractivity (Wildman–Crippen MR) is 178 cm³/mol. The number of aromatic nitrogens is 2. The molecule has 0 amide bonds. The summed E-state index contributed by atoms with van der Waals surface area (Å²) in [4.78, 5) is 10.3. The molecule has 44 heavy (non-hydrogen) atoms. The summed E-state index contributed by atoms with van der Waals surface area (Å²) >= 11 is 0. The first-order chi connectivity index (χ1) is 21.7. The van der Waals surface area contributed by atoms with Gasteiger partial charge in [-0.2, -0.15) is 0 Å². The minimum Gasteiger partial charge on any atom is -0.494 e.